The molecule has 3 heterocycles. The molecule has 2 fully saturated rings. The van der Waals surface area contributed by atoms with Crippen LogP contribution in [0.3, 0.4) is 0 Å². The Balaban J connectivity index is 1.52. The molecule has 0 spiro atoms. The van der Waals surface area contributed by atoms with Crippen molar-refractivity contribution in [3.05, 3.63) is 30.1 Å². The number of hydrazone groups is 1. The molecule has 23 heavy (non-hydrogen) atoms. The minimum Gasteiger partial charge on any atom is -0.307 e. The first-order valence-electron chi connectivity index (χ1n) is 8.16. The van der Waals surface area contributed by atoms with Gasteiger partial charge < -0.3 is 9.80 Å². The fourth-order valence-electron chi connectivity index (χ4n) is 3.78. The Morgan fingerprint density at radius 2 is 2.22 bits per heavy atom. The van der Waals surface area contributed by atoms with E-state index in [1.807, 2.05) is 36.3 Å². The third-order valence-corrected chi connectivity index (χ3v) is 5.95. The maximum Gasteiger partial charge on any atom is 0.230 e. The molecule has 122 valence electrons. The highest BCUT2D eigenvalue weighted by Gasteiger charge is 2.49. The second-order valence-corrected chi connectivity index (χ2v) is 7.26. The molecule has 0 radical (unpaired) electrons. The molecule has 0 aromatic carbocycles. The van der Waals surface area contributed by atoms with E-state index < -0.39 is 0 Å². The van der Waals surface area contributed by atoms with Crippen molar-refractivity contribution in [3.63, 3.8) is 0 Å². The number of amides is 1. The molecule has 7 heteroatoms. The van der Waals surface area contributed by atoms with E-state index in [0.29, 0.717) is 0 Å². The lowest BCUT2D eigenvalue weighted by Crippen LogP contribution is -2.66. The number of carbonyl (C=O) groups excluding carboxylic acids is 1. The van der Waals surface area contributed by atoms with Crippen molar-refractivity contribution < 1.29 is 4.79 Å². The van der Waals surface area contributed by atoms with Crippen molar-refractivity contribution in [1.82, 2.24) is 20.2 Å². The van der Waals surface area contributed by atoms with Gasteiger partial charge in [0.15, 0.2) is 11.5 Å². The van der Waals surface area contributed by atoms with Gasteiger partial charge in [0.25, 0.3) is 0 Å². The number of rotatable bonds is 2. The van der Waals surface area contributed by atoms with Gasteiger partial charge in [-0.1, -0.05) is 30.7 Å². The van der Waals surface area contributed by atoms with Crippen molar-refractivity contribution in [2.75, 3.05) is 7.05 Å². The number of pyridine rings is 1. The first-order chi connectivity index (χ1) is 11.3. The molecule has 0 bridgehead atoms. The fourth-order valence-corrected chi connectivity index (χ4v) is 4.73. The average molecular weight is 331 g/mol. The summed E-state index contributed by atoms with van der Waals surface area (Å²) >= 11 is 1.69. The van der Waals surface area contributed by atoms with E-state index in [9.17, 15) is 4.79 Å². The van der Waals surface area contributed by atoms with Crippen LogP contribution < -0.4 is 5.43 Å². The molecule has 4 rings (SSSR count). The number of nitrogens with zero attached hydrogens (tertiary/aromatic N) is 4. The number of thioether (sulfide) groups is 1. The minimum absolute atomic E-state index is 0.116. The highest BCUT2D eigenvalue weighted by molar-refractivity contribution is 8.13. The predicted molar refractivity (Wildman–Crippen MR) is 90.2 cm³/mol. The van der Waals surface area contributed by atoms with E-state index in [1.165, 1.54) is 6.42 Å². The van der Waals surface area contributed by atoms with Crippen LogP contribution in [0.2, 0.25) is 0 Å². The molecular weight excluding hydrogens is 310 g/mol. The first-order valence-corrected chi connectivity index (χ1v) is 9.15. The maximum atomic E-state index is 12.6. The summed E-state index contributed by atoms with van der Waals surface area (Å²) in [6.07, 6.45) is 6.10. The first kappa shape index (κ1) is 14.8. The maximum absolute atomic E-state index is 12.6. The van der Waals surface area contributed by atoms with Crippen molar-refractivity contribution in [2.45, 2.75) is 43.8 Å². The highest BCUT2D eigenvalue weighted by atomic mass is 32.2. The molecule has 1 aromatic heterocycles. The van der Waals surface area contributed by atoms with E-state index in [1.54, 1.807) is 11.8 Å². The van der Waals surface area contributed by atoms with E-state index in [-0.39, 0.29) is 24.2 Å². The predicted octanol–water partition coefficient (Wildman–Crippen LogP) is 1.81. The molecule has 3 atom stereocenters. The van der Waals surface area contributed by atoms with Crippen molar-refractivity contribution in [3.8, 4) is 0 Å². The number of fused-ring (bicyclic) bond motifs is 3. The Labute approximate surface area is 140 Å². The number of carbonyl (C=O) groups is 1. The van der Waals surface area contributed by atoms with E-state index >= 15 is 0 Å². The third kappa shape index (κ3) is 2.56. The third-order valence-electron chi connectivity index (χ3n) is 4.95. The van der Waals surface area contributed by atoms with Gasteiger partial charge in [-0.3, -0.25) is 15.2 Å². The monoisotopic (exact) mass is 331 g/mol. The Bertz CT molecular complexity index is 622. The van der Waals surface area contributed by atoms with Gasteiger partial charge in [-0.05, 0) is 25.0 Å². The summed E-state index contributed by atoms with van der Waals surface area (Å²) in [6, 6.07) is 6.24. The van der Waals surface area contributed by atoms with Crippen LogP contribution in [0.1, 0.15) is 31.4 Å². The normalized spacial score (nSPS) is 29.7. The largest absolute Gasteiger partial charge is 0.307 e. The van der Waals surface area contributed by atoms with Crippen LogP contribution in [-0.2, 0) is 10.5 Å². The summed E-state index contributed by atoms with van der Waals surface area (Å²) in [5.41, 5.74) is 4.18. The van der Waals surface area contributed by atoms with Gasteiger partial charge in [0, 0.05) is 25.0 Å². The lowest BCUT2D eigenvalue weighted by atomic mass is 9.81. The lowest BCUT2D eigenvalue weighted by Gasteiger charge is -2.49. The van der Waals surface area contributed by atoms with Gasteiger partial charge >= 0.3 is 0 Å². The van der Waals surface area contributed by atoms with E-state index in [0.717, 1.165) is 35.9 Å². The van der Waals surface area contributed by atoms with Gasteiger partial charge in [-0.15, -0.1) is 0 Å². The Morgan fingerprint density at radius 3 is 3.04 bits per heavy atom. The van der Waals surface area contributed by atoms with Crippen LogP contribution in [0.25, 0.3) is 0 Å². The van der Waals surface area contributed by atoms with Crippen molar-refractivity contribution in [1.29, 1.82) is 0 Å². The van der Waals surface area contributed by atoms with Crippen molar-refractivity contribution in [2.24, 2.45) is 11.0 Å². The fraction of sp³-hybridized carbons (Fsp3) is 0.562. The topological polar surface area (TPSA) is 60.8 Å². The number of aromatic nitrogens is 1. The molecule has 3 unspecified atom stereocenters. The van der Waals surface area contributed by atoms with E-state index in [2.05, 4.69) is 20.4 Å². The highest BCUT2D eigenvalue weighted by Crippen LogP contribution is 2.38. The standard InChI is InChI=1S/C16H21N5OS/c1-20-14(22)12-7-2-3-8-13(12)21-15(20)18-19-16(21)23-10-11-6-4-5-9-17-11/h4-6,9,12-13,15,18H,2-3,7-8,10H2,1H3. The van der Waals surface area contributed by atoms with Gasteiger partial charge in [0.1, 0.15) is 0 Å². The lowest BCUT2D eigenvalue weighted by molar-refractivity contribution is -0.152. The van der Waals surface area contributed by atoms with Crippen LogP contribution in [0.4, 0.5) is 0 Å². The van der Waals surface area contributed by atoms with Gasteiger partial charge in [-0.25, -0.2) is 0 Å². The summed E-state index contributed by atoms with van der Waals surface area (Å²) in [4.78, 5) is 21.1. The molecule has 2 aliphatic heterocycles. The molecule has 6 nitrogen and oxygen atoms in total. The average Bonchev–Trinajstić information content (AvgIpc) is 3.03. The van der Waals surface area contributed by atoms with Crippen LogP contribution in [-0.4, -0.2) is 45.2 Å². The summed E-state index contributed by atoms with van der Waals surface area (Å²) in [5, 5.41) is 5.49. The zero-order chi connectivity index (χ0) is 15.8. The van der Waals surface area contributed by atoms with Gasteiger partial charge in [-0.2, -0.15) is 5.10 Å². The Kier molecular flexibility index (Phi) is 3.88. The summed E-state index contributed by atoms with van der Waals surface area (Å²) < 4.78 is 0. The molecule has 1 saturated carbocycles. The molecule has 3 aliphatic rings. The SMILES string of the molecule is CN1C(=O)C2CCCCC2N2C(SCc3ccccn3)=NNC12. The van der Waals surface area contributed by atoms with Gasteiger partial charge in [0.05, 0.1) is 11.6 Å². The smallest absolute Gasteiger partial charge is 0.230 e. The number of hydrogen-bond donors (Lipinski definition) is 1. The van der Waals surface area contributed by atoms with E-state index in [4.69, 9.17) is 0 Å². The second-order valence-electron chi connectivity index (χ2n) is 6.32. The summed E-state index contributed by atoms with van der Waals surface area (Å²) in [7, 11) is 1.87. The molecule has 1 saturated heterocycles. The van der Waals surface area contributed by atoms with Gasteiger partial charge in [0.2, 0.25) is 5.91 Å². The molecular formula is C16H21N5OS. The van der Waals surface area contributed by atoms with Crippen LogP contribution >= 0.6 is 11.8 Å². The zero-order valence-electron chi connectivity index (χ0n) is 13.2. The van der Waals surface area contributed by atoms with Crippen LogP contribution in [0, 0.1) is 5.92 Å². The van der Waals surface area contributed by atoms with Crippen LogP contribution in [0.15, 0.2) is 29.5 Å². The molecule has 1 aromatic rings. The number of amidine groups is 1. The number of hydrogen-bond acceptors (Lipinski definition) is 6. The molecule has 1 aliphatic carbocycles. The quantitative estimate of drug-likeness (QED) is 0.895. The second kappa shape index (κ2) is 6.03. The number of nitrogens with one attached hydrogen (secondary N) is 1. The van der Waals surface area contributed by atoms with Crippen molar-refractivity contribution >= 4 is 22.8 Å². The molecule has 1 N–H and O–H groups in total. The Morgan fingerprint density at radius 1 is 1.35 bits per heavy atom. The minimum atomic E-state index is -0.131. The zero-order valence-corrected chi connectivity index (χ0v) is 14.0. The molecule has 1 amide bonds. The Hall–Kier alpha value is -1.76. The summed E-state index contributed by atoms with van der Waals surface area (Å²) in [6.45, 7) is 0. The summed E-state index contributed by atoms with van der Waals surface area (Å²) in [5.74, 6) is 1.17. The van der Waals surface area contributed by atoms with Crippen LogP contribution in [0.5, 0.6) is 0 Å².